The van der Waals surface area contributed by atoms with Crippen LogP contribution in [0.5, 0.6) is 0 Å². The Morgan fingerprint density at radius 2 is 2.07 bits per heavy atom. The summed E-state index contributed by atoms with van der Waals surface area (Å²) < 4.78 is 0. The molecule has 0 radical (unpaired) electrons. The topological polar surface area (TPSA) is 76.2 Å². The average molecular weight is 202 g/mol. The molecule has 0 spiro atoms. The highest BCUT2D eigenvalue weighted by Gasteiger charge is 2.16. The zero-order chi connectivity index (χ0) is 10.8. The van der Waals surface area contributed by atoms with Gasteiger partial charge in [0.1, 0.15) is 6.04 Å². The first-order valence-electron chi connectivity index (χ1n) is 4.52. The number of nitrogens with zero attached hydrogens (tertiary/aromatic N) is 1. The second-order valence-corrected chi connectivity index (χ2v) is 3.23. The normalized spacial score (nSPS) is 12.6. The van der Waals surface area contributed by atoms with Crippen LogP contribution in [0.2, 0.25) is 0 Å². The number of fused-ring (bicyclic) bond motifs is 1. The molecular weight excluding hydrogens is 192 g/mol. The first kappa shape index (κ1) is 9.61. The van der Waals surface area contributed by atoms with Gasteiger partial charge in [0.05, 0.1) is 5.52 Å². The molecule has 4 heteroatoms. The molecule has 4 nitrogen and oxygen atoms in total. The molecular formula is C11H10N2O2. The zero-order valence-corrected chi connectivity index (χ0v) is 7.92. The molecule has 0 aliphatic heterocycles. The molecule has 1 unspecified atom stereocenters. The molecule has 0 fully saturated rings. The van der Waals surface area contributed by atoms with E-state index in [-0.39, 0.29) is 0 Å². The number of carboxylic acids is 1. The van der Waals surface area contributed by atoms with E-state index in [4.69, 9.17) is 10.8 Å². The Kier molecular flexibility index (Phi) is 2.35. The number of hydrogen-bond acceptors (Lipinski definition) is 3. The fourth-order valence-corrected chi connectivity index (χ4v) is 1.52. The van der Waals surface area contributed by atoms with Gasteiger partial charge in [-0.2, -0.15) is 0 Å². The van der Waals surface area contributed by atoms with Crippen molar-refractivity contribution >= 4 is 16.9 Å². The molecule has 3 N–H and O–H groups in total. The lowest BCUT2D eigenvalue weighted by Crippen LogP contribution is -2.20. The van der Waals surface area contributed by atoms with Crippen molar-refractivity contribution in [2.24, 2.45) is 5.73 Å². The third kappa shape index (κ3) is 1.67. The number of pyridine rings is 1. The van der Waals surface area contributed by atoms with E-state index in [0.29, 0.717) is 5.56 Å². The van der Waals surface area contributed by atoms with Crippen LogP contribution in [-0.2, 0) is 4.79 Å². The molecule has 0 amide bonds. The Balaban J connectivity index is 2.65. The number of aromatic nitrogens is 1. The van der Waals surface area contributed by atoms with Crippen LogP contribution in [0.15, 0.2) is 36.5 Å². The minimum atomic E-state index is -1.04. The summed E-state index contributed by atoms with van der Waals surface area (Å²) in [5, 5.41) is 9.64. The summed E-state index contributed by atoms with van der Waals surface area (Å²) in [5.41, 5.74) is 6.92. The Bertz CT molecular complexity index is 505. The highest BCUT2D eigenvalue weighted by molar-refractivity contribution is 5.87. The number of para-hydroxylation sites is 1. The molecule has 1 heterocycles. The van der Waals surface area contributed by atoms with Crippen LogP contribution in [-0.4, -0.2) is 16.1 Å². The Hall–Kier alpha value is -1.94. The van der Waals surface area contributed by atoms with Gasteiger partial charge in [0.25, 0.3) is 0 Å². The van der Waals surface area contributed by atoms with E-state index in [1.807, 2.05) is 24.3 Å². The van der Waals surface area contributed by atoms with Gasteiger partial charge in [-0.05, 0) is 17.7 Å². The lowest BCUT2D eigenvalue weighted by molar-refractivity contribution is -0.138. The molecule has 0 saturated heterocycles. The summed E-state index contributed by atoms with van der Waals surface area (Å²) in [6.07, 6.45) is 1.57. The van der Waals surface area contributed by atoms with E-state index in [1.54, 1.807) is 12.3 Å². The first-order chi connectivity index (χ1) is 7.20. The van der Waals surface area contributed by atoms with Crippen molar-refractivity contribution in [3.05, 3.63) is 42.1 Å². The van der Waals surface area contributed by atoms with Crippen LogP contribution in [0.25, 0.3) is 10.9 Å². The van der Waals surface area contributed by atoms with Crippen molar-refractivity contribution in [3.63, 3.8) is 0 Å². The summed E-state index contributed by atoms with van der Waals surface area (Å²) in [6.45, 7) is 0. The molecule has 2 aromatic rings. The molecule has 0 bridgehead atoms. The van der Waals surface area contributed by atoms with E-state index >= 15 is 0 Å². The van der Waals surface area contributed by atoms with E-state index in [9.17, 15) is 4.79 Å². The number of aliphatic carboxylic acids is 1. The van der Waals surface area contributed by atoms with Crippen molar-refractivity contribution in [1.29, 1.82) is 0 Å². The summed E-state index contributed by atoms with van der Waals surface area (Å²) in [4.78, 5) is 14.9. The second kappa shape index (κ2) is 3.67. The largest absolute Gasteiger partial charge is 0.480 e. The maximum absolute atomic E-state index is 10.8. The van der Waals surface area contributed by atoms with E-state index in [0.717, 1.165) is 10.9 Å². The van der Waals surface area contributed by atoms with Gasteiger partial charge < -0.3 is 10.8 Å². The summed E-state index contributed by atoms with van der Waals surface area (Å²) >= 11 is 0. The fraction of sp³-hybridized carbons (Fsp3) is 0.0909. The van der Waals surface area contributed by atoms with E-state index in [2.05, 4.69) is 4.98 Å². The first-order valence-corrected chi connectivity index (χ1v) is 4.52. The van der Waals surface area contributed by atoms with Crippen LogP contribution < -0.4 is 5.73 Å². The van der Waals surface area contributed by atoms with Crippen molar-refractivity contribution in [3.8, 4) is 0 Å². The second-order valence-electron chi connectivity index (χ2n) is 3.23. The van der Waals surface area contributed by atoms with Gasteiger partial charge in [-0.1, -0.05) is 18.2 Å². The lowest BCUT2D eigenvalue weighted by atomic mass is 10.0. The molecule has 76 valence electrons. The van der Waals surface area contributed by atoms with Crippen LogP contribution >= 0.6 is 0 Å². The molecule has 1 atom stereocenters. The molecule has 1 aromatic heterocycles. The van der Waals surface area contributed by atoms with E-state index in [1.165, 1.54) is 0 Å². The third-order valence-corrected chi connectivity index (χ3v) is 2.28. The zero-order valence-electron chi connectivity index (χ0n) is 7.92. The Morgan fingerprint density at radius 3 is 2.80 bits per heavy atom. The van der Waals surface area contributed by atoms with Gasteiger partial charge in [0.2, 0.25) is 0 Å². The molecule has 0 saturated carbocycles. The lowest BCUT2D eigenvalue weighted by Gasteiger charge is -2.09. The number of carboxylic acid groups (broad SMARTS) is 1. The van der Waals surface area contributed by atoms with Gasteiger partial charge in [0, 0.05) is 11.6 Å². The van der Waals surface area contributed by atoms with Crippen molar-refractivity contribution in [2.75, 3.05) is 0 Å². The summed E-state index contributed by atoms with van der Waals surface area (Å²) in [7, 11) is 0. The number of nitrogens with two attached hydrogens (primary N) is 1. The summed E-state index contributed by atoms with van der Waals surface area (Å²) in [5.74, 6) is -1.04. The minimum Gasteiger partial charge on any atom is -0.480 e. The van der Waals surface area contributed by atoms with Gasteiger partial charge in [0.15, 0.2) is 0 Å². The monoisotopic (exact) mass is 202 g/mol. The van der Waals surface area contributed by atoms with Crippen LogP contribution in [0.3, 0.4) is 0 Å². The summed E-state index contributed by atoms with van der Waals surface area (Å²) in [6, 6.07) is 7.97. The van der Waals surface area contributed by atoms with Gasteiger partial charge >= 0.3 is 5.97 Å². The molecule has 0 aliphatic carbocycles. The quantitative estimate of drug-likeness (QED) is 0.770. The van der Waals surface area contributed by atoms with Crippen LogP contribution in [0, 0.1) is 0 Å². The Labute approximate surface area is 86.4 Å². The van der Waals surface area contributed by atoms with Crippen LogP contribution in [0.4, 0.5) is 0 Å². The minimum absolute atomic E-state index is 0.591. The number of benzene rings is 1. The van der Waals surface area contributed by atoms with Gasteiger partial charge in [-0.15, -0.1) is 0 Å². The number of carbonyl (C=O) groups is 1. The SMILES string of the molecule is NC(C(=O)O)c1ccnc2ccccc12. The third-order valence-electron chi connectivity index (χ3n) is 2.28. The van der Waals surface area contributed by atoms with Gasteiger partial charge in [-0.25, -0.2) is 0 Å². The van der Waals surface area contributed by atoms with E-state index < -0.39 is 12.0 Å². The van der Waals surface area contributed by atoms with Crippen molar-refractivity contribution < 1.29 is 9.90 Å². The van der Waals surface area contributed by atoms with Crippen LogP contribution in [0.1, 0.15) is 11.6 Å². The number of rotatable bonds is 2. The maximum Gasteiger partial charge on any atom is 0.325 e. The molecule has 1 aromatic carbocycles. The predicted octanol–water partition coefficient (Wildman–Crippen LogP) is 1.32. The molecule has 2 rings (SSSR count). The maximum atomic E-state index is 10.8. The highest BCUT2D eigenvalue weighted by Crippen LogP contribution is 2.21. The van der Waals surface area contributed by atoms with Crippen molar-refractivity contribution in [1.82, 2.24) is 4.98 Å². The Morgan fingerprint density at radius 1 is 1.33 bits per heavy atom. The fourth-order valence-electron chi connectivity index (χ4n) is 1.52. The molecule has 15 heavy (non-hydrogen) atoms. The predicted molar refractivity (Wildman–Crippen MR) is 56.3 cm³/mol. The number of hydrogen-bond donors (Lipinski definition) is 2. The highest BCUT2D eigenvalue weighted by atomic mass is 16.4. The average Bonchev–Trinajstić information content (AvgIpc) is 2.27. The van der Waals surface area contributed by atoms with Crippen molar-refractivity contribution in [2.45, 2.75) is 6.04 Å². The molecule has 0 aliphatic rings. The smallest absolute Gasteiger partial charge is 0.325 e. The standard InChI is InChI=1S/C11H10N2O2/c12-10(11(14)15)8-5-6-13-9-4-2-1-3-7(8)9/h1-6,10H,12H2,(H,14,15). The van der Waals surface area contributed by atoms with Gasteiger partial charge in [-0.3, -0.25) is 9.78 Å².